The molecule has 0 radical (unpaired) electrons. The second-order valence-corrected chi connectivity index (χ2v) is 4.86. The number of likely N-dealkylation sites (tertiary alicyclic amines) is 1. The van der Waals surface area contributed by atoms with Crippen LogP contribution in [0.5, 0.6) is 0 Å². The maximum absolute atomic E-state index is 11.9. The van der Waals surface area contributed by atoms with Crippen molar-refractivity contribution in [3.63, 3.8) is 0 Å². The summed E-state index contributed by atoms with van der Waals surface area (Å²) in [5, 5.41) is 14.1. The van der Waals surface area contributed by atoms with E-state index in [0.29, 0.717) is 6.42 Å². The van der Waals surface area contributed by atoms with E-state index in [1.807, 2.05) is 0 Å². The average molecular weight is 257 g/mol. The lowest BCUT2D eigenvalue weighted by Crippen LogP contribution is -2.50. The van der Waals surface area contributed by atoms with Crippen molar-refractivity contribution < 1.29 is 14.7 Å². The lowest BCUT2D eigenvalue weighted by atomic mass is 10.1. The molecule has 6 nitrogen and oxygen atoms in total. The number of urea groups is 1. The second-order valence-electron chi connectivity index (χ2n) is 4.86. The van der Waals surface area contributed by atoms with Gasteiger partial charge >= 0.3 is 6.03 Å². The summed E-state index contributed by atoms with van der Waals surface area (Å²) in [6.07, 6.45) is 2.31. The molecule has 3 amide bonds. The highest BCUT2D eigenvalue weighted by atomic mass is 16.3. The Morgan fingerprint density at radius 3 is 2.67 bits per heavy atom. The Morgan fingerprint density at radius 1 is 1.44 bits per heavy atom. The van der Waals surface area contributed by atoms with Crippen LogP contribution >= 0.6 is 0 Å². The highest BCUT2D eigenvalue weighted by molar-refractivity contribution is 5.96. The summed E-state index contributed by atoms with van der Waals surface area (Å²) in [6.45, 7) is 4.38. The van der Waals surface area contributed by atoms with Gasteiger partial charge in [-0.25, -0.2) is 4.79 Å². The van der Waals surface area contributed by atoms with Crippen LogP contribution in [0.15, 0.2) is 0 Å². The summed E-state index contributed by atoms with van der Waals surface area (Å²) >= 11 is 0. The molecule has 3 unspecified atom stereocenters. The number of hydrogen-bond acceptors (Lipinski definition) is 4. The van der Waals surface area contributed by atoms with Gasteiger partial charge in [0, 0.05) is 13.1 Å². The van der Waals surface area contributed by atoms with E-state index < -0.39 is 6.03 Å². The molecule has 0 aromatic heterocycles. The first-order valence-electron chi connectivity index (χ1n) is 6.42. The van der Waals surface area contributed by atoms with Crippen LogP contribution in [0, 0.1) is 0 Å². The molecule has 1 saturated heterocycles. The van der Waals surface area contributed by atoms with E-state index in [9.17, 15) is 14.7 Å². The summed E-state index contributed by atoms with van der Waals surface area (Å²) in [4.78, 5) is 25.0. The van der Waals surface area contributed by atoms with Gasteiger partial charge in [0.1, 0.15) is 0 Å². The Balaban J connectivity index is 2.56. The van der Waals surface area contributed by atoms with Crippen molar-refractivity contribution in [2.75, 3.05) is 13.6 Å². The van der Waals surface area contributed by atoms with Gasteiger partial charge in [0.25, 0.3) is 0 Å². The van der Waals surface area contributed by atoms with Crippen LogP contribution in [0.1, 0.15) is 33.1 Å². The lowest BCUT2D eigenvalue weighted by Gasteiger charge is -2.30. The standard InChI is InChI=1S/C12H23N3O3/c1-8(16)7-10-5-4-6-15(10)9(2)11(17)14-12(18)13-3/h8-10,16H,4-7H2,1-3H3,(H2,13,14,17,18). The number of rotatable bonds is 4. The number of aliphatic hydroxyl groups is 1. The van der Waals surface area contributed by atoms with E-state index >= 15 is 0 Å². The second kappa shape index (κ2) is 6.70. The van der Waals surface area contributed by atoms with Crippen molar-refractivity contribution in [1.29, 1.82) is 0 Å². The molecule has 3 N–H and O–H groups in total. The van der Waals surface area contributed by atoms with Crippen molar-refractivity contribution >= 4 is 11.9 Å². The average Bonchev–Trinajstić information content (AvgIpc) is 2.74. The van der Waals surface area contributed by atoms with E-state index in [0.717, 1.165) is 19.4 Å². The highest BCUT2D eigenvalue weighted by Crippen LogP contribution is 2.23. The van der Waals surface area contributed by atoms with Crippen molar-refractivity contribution in [2.24, 2.45) is 0 Å². The van der Waals surface area contributed by atoms with Gasteiger partial charge < -0.3 is 10.4 Å². The van der Waals surface area contributed by atoms with Gasteiger partial charge in [-0.3, -0.25) is 15.0 Å². The number of carbonyl (C=O) groups excluding carboxylic acids is 2. The summed E-state index contributed by atoms with van der Waals surface area (Å²) in [6, 6.07) is -0.623. The minimum atomic E-state index is -0.488. The first-order valence-corrected chi connectivity index (χ1v) is 6.42. The van der Waals surface area contributed by atoms with Crippen LogP contribution in [-0.4, -0.2) is 53.7 Å². The molecular weight excluding hydrogens is 234 g/mol. The third kappa shape index (κ3) is 3.96. The molecule has 18 heavy (non-hydrogen) atoms. The van der Waals surface area contributed by atoms with Crippen LogP contribution < -0.4 is 10.6 Å². The summed E-state index contributed by atoms with van der Waals surface area (Å²) in [5.74, 6) is -0.299. The Bertz CT molecular complexity index is 307. The summed E-state index contributed by atoms with van der Waals surface area (Å²) in [5.41, 5.74) is 0. The van der Waals surface area contributed by atoms with Crippen LogP contribution in [0.3, 0.4) is 0 Å². The molecule has 0 spiro atoms. The third-order valence-corrected chi connectivity index (χ3v) is 3.38. The maximum Gasteiger partial charge on any atom is 0.321 e. The van der Waals surface area contributed by atoms with Crippen molar-refractivity contribution in [1.82, 2.24) is 15.5 Å². The normalized spacial score (nSPS) is 23.4. The van der Waals surface area contributed by atoms with Crippen LogP contribution in [0.4, 0.5) is 4.79 Å². The van der Waals surface area contributed by atoms with E-state index in [1.165, 1.54) is 7.05 Å². The van der Waals surface area contributed by atoms with Crippen LogP contribution in [0.2, 0.25) is 0 Å². The van der Waals surface area contributed by atoms with Gasteiger partial charge in [-0.1, -0.05) is 0 Å². The molecular formula is C12H23N3O3. The van der Waals surface area contributed by atoms with Gasteiger partial charge in [0.05, 0.1) is 12.1 Å². The minimum Gasteiger partial charge on any atom is -0.393 e. The molecule has 0 aliphatic carbocycles. The van der Waals surface area contributed by atoms with Crippen molar-refractivity contribution in [3.05, 3.63) is 0 Å². The number of imide groups is 1. The predicted octanol–water partition coefficient (Wildman–Crippen LogP) is 0.0658. The number of aliphatic hydroxyl groups excluding tert-OH is 1. The molecule has 1 aliphatic heterocycles. The Morgan fingerprint density at radius 2 is 2.11 bits per heavy atom. The summed E-state index contributed by atoms with van der Waals surface area (Å²) < 4.78 is 0. The predicted molar refractivity (Wildman–Crippen MR) is 68.1 cm³/mol. The lowest BCUT2D eigenvalue weighted by molar-refractivity contribution is -0.125. The molecule has 3 atom stereocenters. The smallest absolute Gasteiger partial charge is 0.321 e. The number of nitrogens with zero attached hydrogens (tertiary/aromatic N) is 1. The largest absolute Gasteiger partial charge is 0.393 e. The molecule has 0 aromatic rings. The first kappa shape index (κ1) is 14.9. The number of amides is 3. The van der Waals surface area contributed by atoms with E-state index in [4.69, 9.17) is 0 Å². The maximum atomic E-state index is 11.9. The molecule has 1 fully saturated rings. The number of carbonyl (C=O) groups is 2. The molecule has 0 saturated carbocycles. The molecule has 0 bridgehead atoms. The molecule has 1 heterocycles. The van der Waals surface area contributed by atoms with E-state index in [-0.39, 0.29) is 24.1 Å². The van der Waals surface area contributed by atoms with Gasteiger partial charge in [-0.15, -0.1) is 0 Å². The fraction of sp³-hybridized carbons (Fsp3) is 0.833. The van der Waals surface area contributed by atoms with Gasteiger partial charge in [-0.2, -0.15) is 0 Å². The zero-order valence-corrected chi connectivity index (χ0v) is 11.3. The topological polar surface area (TPSA) is 81.7 Å². The molecule has 104 valence electrons. The highest BCUT2D eigenvalue weighted by Gasteiger charge is 2.32. The van der Waals surface area contributed by atoms with Crippen LogP contribution in [0.25, 0.3) is 0 Å². The van der Waals surface area contributed by atoms with Crippen molar-refractivity contribution in [2.45, 2.75) is 51.3 Å². The fourth-order valence-electron chi connectivity index (χ4n) is 2.44. The van der Waals surface area contributed by atoms with Gasteiger partial charge in [-0.05, 0) is 39.7 Å². The van der Waals surface area contributed by atoms with Crippen LogP contribution in [-0.2, 0) is 4.79 Å². The number of hydrogen-bond donors (Lipinski definition) is 3. The van der Waals surface area contributed by atoms with E-state index in [1.54, 1.807) is 13.8 Å². The molecule has 6 heteroatoms. The Hall–Kier alpha value is -1.14. The quantitative estimate of drug-likeness (QED) is 0.665. The Labute approximate surface area is 108 Å². The van der Waals surface area contributed by atoms with Gasteiger partial charge in [0.15, 0.2) is 0 Å². The zero-order valence-electron chi connectivity index (χ0n) is 11.3. The first-order chi connectivity index (χ1) is 8.45. The van der Waals surface area contributed by atoms with E-state index in [2.05, 4.69) is 15.5 Å². The van der Waals surface area contributed by atoms with Crippen molar-refractivity contribution in [3.8, 4) is 0 Å². The molecule has 0 aromatic carbocycles. The summed E-state index contributed by atoms with van der Waals surface area (Å²) in [7, 11) is 1.47. The van der Waals surface area contributed by atoms with Gasteiger partial charge in [0.2, 0.25) is 5.91 Å². The third-order valence-electron chi connectivity index (χ3n) is 3.38. The zero-order chi connectivity index (χ0) is 13.7. The monoisotopic (exact) mass is 257 g/mol. The fourth-order valence-corrected chi connectivity index (χ4v) is 2.44. The number of nitrogens with one attached hydrogen (secondary N) is 2. The molecule has 1 rings (SSSR count). The SMILES string of the molecule is CNC(=O)NC(=O)C(C)N1CCCC1CC(C)O. The molecule has 1 aliphatic rings. The Kier molecular flexibility index (Phi) is 5.55. The minimum absolute atomic E-state index is 0.218.